The van der Waals surface area contributed by atoms with Crippen LogP contribution in [0.3, 0.4) is 0 Å². The van der Waals surface area contributed by atoms with Crippen molar-refractivity contribution in [3.8, 4) is 0 Å². The lowest BCUT2D eigenvalue weighted by Crippen LogP contribution is -2.21. The minimum absolute atomic E-state index is 0.150. The summed E-state index contributed by atoms with van der Waals surface area (Å²) in [5.41, 5.74) is 1.64. The fourth-order valence-corrected chi connectivity index (χ4v) is 1.53. The summed E-state index contributed by atoms with van der Waals surface area (Å²) < 4.78 is 13.2. The molecule has 1 aromatic carbocycles. The SMILES string of the molecule is Cc1ccc(CNCC(C)CCO)cc1F. The third-order valence-corrected chi connectivity index (χ3v) is 2.68. The Labute approximate surface area is 96.5 Å². The van der Waals surface area contributed by atoms with E-state index < -0.39 is 0 Å². The molecule has 1 unspecified atom stereocenters. The van der Waals surface area contributed by atoms with Gasteiger partial charge in [-0.2, -0.15) is 0 Å². The van der Waals surface area contributed by atoms with E-state index in [9.17, 15) is 4.39 Å². The first-order chi connectivity index (χ1) is 7.63. The summed E-state index contributed by atoms with van der Waals surface area (Å²) in [6, 6.07) is 5.30. The van der Waals surface area contributed by atoms with Crippen molar-refractivity contribution < 1.29 is 9.50 Å². The van der Waals surface area contributed by atoms with Gasteiger partial charge in [-0.1, -0.05) is 19.1 Å². The zero-order chi connectivity index (χ0) is 12.0. The zero-order valence-corrected chi connectivity index (χ0v) is 9.96. The number of benzene rings is 1. The Kier molecular flexibility index (Phi) is 5.43. The minimum atomic E-state index is -0.150. The molecule has 2 nitrogen and oxygen atoms in total. The van der Waals surface area contributed by atoms with Crippen molar-refractivity contribution in [2.45, 2.75) is 26.8 Å². The average molecular weight is 225 g/mol. The van der Waals surface area contributed by atoms with Gasteiger partial charge < -0.3 is 10.4 Å². The van der Waals surface area contributed by atoms with E-state index >= 15 is 0 Å². The molecule has 2 N–H and O–H groups in total. The number of hydrogen-bond donors (Lipinski definition) is 2. The highest BCUT2D eigenvalue weighted by Gasteiger charge is 2.02. The number of aryl methyl sites for hydroxylation is 1. The van der Waals surface area contributed by atoms with Crippen molar-refractivity contribution in [2.75, 3.05) is 13.2 Å². The fraction of sp³-hybridized carbons (Fsp3) is 0.538. The molecule has 0 aliphatic heterocycles. The highest BCUT2D eigenvalue weighted by molar-refractivity contribution is 5.23. The summed E-state index contributed by atoms with van der Waals surface area (Å²) in [7, 11) is 0. The van der Waals surface area contributed by atoms with Crippen LogP contribution < -0.4 is 5.32 Å². The van der Waals surface area contributed by atoms with E-state index in [1.807, 2.05) is 6.07 Å². The monoisotopic (exact) mass is 225 g/mol. The second kappa shape index (κ2) is 6.61. The van der Waals surface area contributed by atoms with Crippen molar-refractivity contribution in [3.05, 3.63) is 35.1 Å². The topological polar surface area (TPSA) is 32.3 Å². The Morgan fingerprint density at radius 2 is 2.19 bits per heavy atom. The van der Waals surface area contributed by atoms with Crippen LogP contribution in [0.2, 0.25) is 0 Å². The van der Waals surface area contributed by atoms with Crippen molar-refractivity contribution >= 4 is 0 Å². The molecule has 16 heavy (non-hydrogen) atoms. The molecule has 0 aliphatic carbocycles. The normalized spacial score (nSPS) is 12.8. The molecule has 0 saturated heterocycles. The molecule has 0 amide bonds. The number of aliphatic hydroxyl groups excluding tert-OH is 1. The molecule has 1 aromatic rings. The summed E-state index contributed by atoms with van der Waals surface area (Å²) >= 11 is 0. The lowest BCUT2D eigenvalue weighted by molar-refractivity contribution is 0.260. The molecule has 0 heterocycles. The molecule has 0 spiro atoms. The Morgan fingerprint density at radius 3 is 2.81 bits per heavy atom. The van der Waals surface area contributed by atoms with Crippen LogP contribution in [-0.4, -0.2) is 18.3 Å². The number of halogens is 1. The van der Waals surface area contributed by atoms with Crippen LogP contribution in [0, 0.1) is 18.7 Å². The Hall–Kier alpha value is -0.930. The van der Waals surface area contributed by atoms with Crippen LogP contribution in [0.1, 0.15) is 24.5 Å². The van der Waals surface area contributed by atoms with E-state index in [2.05, 4.69) is 12.2 Å². The molecule has 1 atom stereocenters. The summed E-state index contributed by atoms with van der Waals surface area (Å²) in [4.78, 5) is 0. The van der Waals surface area contributed by atoms with Crippen LogP contribution >= 0.6 is 0 Å². The molecule has 0 radical (unpaired) electrons. The lowest BCUT2D eigenvalue weighted by atomic mass is 10.1. The Balaban J connectivity index is 2.34. The van der Waals surface area contributed by atoms with Gasteiger partial charge in [-0.3, -0.25) is 0 Å². The summed E-state index contributed by atoms with van der Waals surface area (Å²) in [6.07, 6.45) is 0.801. The number of aliphatic hydroxyl groups is 1. The van der Waals surface area contributed by atoms with Crippen LogP contribution in [0.25, 0.3) is 0 Å². The standard InChI is InChI=1S/C13H20FNO/c1-10(5-6-16)8-15-9-12-4-3-11(2)13(14)7-12/h3-4,7,10,15-16H,5-6,8-9H2,1-2H3. The van der Waals surface area contributed by atoms with Gasteiger partial charge in [-0.25, -0.2) is 4.39 Å². The quantitative estimate of drug-likeness (QED) is 0.778. The minimum Gasteiger partial charge on any atom is -0.396 e. The fourth-order valence-electron chi connectivity index (χ4n) is 1.53. The van der Waals surface area contributed by atoms with Gasteiger partial charge in [0.05, 0.1) is 0 Å². The van der Waals surface area contributed by atoms with Crippen molar-refractivity contribution in [3.63, 3.8) is 0 Å². The molecule has 1 rings (SSSR count). The van der Waals surface area contributed by atoms with E-state index in [-0.39, 0.29) is 12.4 Å². The predicted octanol–water partition coefficient (Wildman–Crippen LogP) is 2.24. The third kappa shape index (κ3) is 4.29. The van der Waals surface area contributed by atoms with E-state index in [0.717, 1.165) is 18.5 Å². The Bertz CT molecular complexity index is 328. The van der Waals surface area contributed by atoms with Gasteiger partial charge >= 0.3 is 0 Å². The van der Waals surface area contributed by atoms with Crippen molar-refractivity contribution in [2.24, 2.45) is 5.92 Å². The van der Waals surface area contributed by atoms with E-state index in [1.165, 1.54) is 0 Å². The maximum Gasteiger partial charge on any atom is 0.126 e. The van der Waals surface area contributed by atoms with Crippen molar-refractivity contribution in [1.82, 2.24) is 5.32 Å². The van der Waals surface area contributed by atoms with E-state index in [4.69, 9.17) is 5.11 Å². The largest absolute Gasteiger partial charge is 0.396 e. The summed E-state index contributed by atoms with van der Waals surface area (Å²) in [6.45, 7) is 5.58. The smallest absolute Gasteiger partial charge is 0.126 e. The molecule has 0 aromatic heterocycles. The van der Waals surface area contributed by atoms with Crippen LogP contribution in [0.5, 0.6) is 0 Å². The van der Waals surface area contributed by atoms with Gasteiger partial charge in [0.2, 0.25) is 0 Å². The third-order valence-electron chi connectivity index (χ3n) is 2.68. The highest BCUT2D eigenvalue weighted by Crippen LogP contribution is 2.09. The van der Waals surface area contributed by atoms with Gasteiger partial charge in [-0.15, -0.1) is 0 Å². The zero-order valence-electron chi connectivity index (χ0n) is 9.96. The second-order valence-electron chi connectivity index (χ2n) is 4.33. The van der Waals surface area contributed by atoms with Gasteiger partial charge in [0.25, 0.3) is 0 Å². The van der Waals surface area contributed by atoms with E-state index in [0.29, 0.717) is 18.0 Å². The molecular weight excluding hydrogens is 205 g/mol. The van der Waals surface area contributed by atoms with Gasteiger partial charge in [0, 0.05) is 13.2 Å². The molecule has 3 heteroatoms. The molecule has 0 bridgehead atoms. The molecule has 0 aliphatic rings. The Morgan fingerprint density at radius 1 is 1.44 bits per heavy atom. The molecule has 0 saturated carbocycles. The van der Waals surface area contributed by atoms with Crippen LogP contribution in [0.4, 0.5) is 4.39 Å². The number of rotatable bonds is 6. The van der Waals surface area contributed by atoms with Gasteiger partial charge in [-0.05, 0) is 43.0 Å². The summed E-state index contributed by atoms with van der Waals surface area (Å²) in [5.74, 6) is 0.294. The maximum absolute atomic E-state index is 13.2. The first-order valence-electron chi connectivity index (χ1n) is 5.70. The maximum atomic E-state index is 13.2. The van der Waals surface area contributed by atoms with Gasteiger partial charge in [0.15, 0.2) is 0 Å². The van der Waals surface area contributed by atoms with E-state index in [1.54, 1.807) is 19.1 Å². The first-order valence-corrected chi connectivity index (χ1v) is 5.70. The average Bonchev–Trinajstić information content (AvgIpc) is 2.24. The molecular formula is C13H20FNO. The number of hydrogen-bond acceptors (Lipinski definition) is 2. The van der Waals surface area contributed by atoms with Crippen LogP contribution in [0.15, 0.2) is 18.2 Å². The van der Waals surface area contributed by atoms with Crippen LogP contribution in [-0.2, 0) is 6.54 Å². The predicted molar refractivity (Wildman–Crippen MR) is 63.7 cm³/mol. The van der Waals surface area contributed by atoms with Gasteiger partial charge in [0.1, 0.15) is 5.82 Å². The van der Waals surface area contributed by atoms with Crippen molar-refractivity contribution in [1.29, 1.82) is 0 Å². The summed E-state index contributed by atoms with van der Waals surface area (Å²) in [5, 5.41) is 12.0. The molecule has 0 fully saturated rings. The first kappa shape index (κ1) is 13.1. The highest BCUT2D eigenvalue weighted by atomic mass is 19.1. The second-order valence-corrected chi connectivity index (χ2v) is 4.33. The number of nitrogens with one attached hydrogen (secondary N) is 1. The lowest BCUT2D eigenvalue weighted by Gasteiger charge is -2.11. The molecule has 90 valence electrons.